The Balaban J connectivity index is 1.73. The number of aromatic nitrogens is 1. The van der Waals surface area contributed by atoms with E-state index in [1.165, 1.54) is 11.3 Å². The third-order valence-corrected chi connectivity index (χ3v) is 5.88. The van der Waals surface area contributed by atoms with Crippen molar-refractivity contribution >= 4 is 50.5 Å². The van der Waals surface area contributed by atoms with E-state index < -0.39 is 0 Å². The van der Waals surface area contributed by atoms with Gasteiger partial charge in [0.15, 0.2) is 5.13 Å². The number of allylic oxidation sites excluding steroid dienone is 1. The van der Waals surface area contributed by atoms with Gasteiger partial charge in [-0.3, -0.25) is 10.1 Å². The van der Waals surface area contributed by atoms with Crippen LogP contribution in [0.15, 0.2) is 58.5 Å². The molecule has 0 unspecified atom stereocenters. The Kier molecular flexibility index (Phi) is 6.11. The number of furan rings is 1. The summed E-state index contributed by atoms with van der Waals surface area (Å²) in [6.45, 7) is 6.20. The second-order valence-corrected chi connectivity index (χ2v) is 8.34. The number of hydrogen-bond donors (Lipinski definition) is 1. The molecule has 0 atom stereocenters. The molecule has 0 bridgehead atoms. The fourth-order valence-corrected chi connectivity index (χ4v) is 4.14. The summed E-state index contributed by atoms with van der Waals surface area (Å²) in [4.78, 5) is 16.8. The number of nitrogens with one attached hydrogen (secondary N) is 1. The molecule has 0 spiro atoms. The second-order valence-electron chi connectivity index (χ2n) is 7.04. The number of nitrogens with zero attached hydrogens (tertiary/aromatic N) is 1. The number of fused-ring (bicyclic) bond motifs is 1. The summed E-state index contributed by atoms with van der Waals surface area (Å²) in [5.74, 6) is 0.429. The molecule has 0 fully saturated rings. The van der Waals surface area contributed by atoms with Gasteiger partial charge in [0.1, 0.15) is 11.3 Å². The van der Waals surface area contributed by atoms with Crippen molar-refractivity contribution in [2.45, 2.75) is 20.8 Å². The van der Waals surface area contributed by atoms with E-state index in [4.69, 9.17) is 20.8 Å². The molecule has 0 radical (unpaired) electrons. The third kappa shape index (κ3) is 4.65. The van der Waals surface area contributed by atoms with Crippen molar-refractivity contribution in [2.24, 2.45) is 0 Å². The lowest BCUT2D eigenvalue weighted by Gasteiger charge is -2.11. The highest BCUT2D eigenvalue weighted by atomic mass is 35.5. The highest BCUT2D eigenvalue weighted by Gasteiger charge is 2.15. The van der Waals surface area contributed by atoms with Crippen LogP contribution in [0.2, 0.25) is 5.02 Å². The maximum absolute atomic E-state index is 12.5. The Morgan fingerprint density at radius 2 is 2.06 bits per heavy atom. The standard InChI is InChI=1S/C24H21ClN2O3S/c1-4-29-21-11-22-19(20(12-30-22)16-5-7-17(25)8-6-16)10-18(21)14(2)9-23(28)27-24-26-15(3)13-31-24/h5-13H,4H2,1-3H3,(H,26,27,28)/b14-9+. The van der Waals surface area contributed by atoms with Crippen LogP contribution in [-0.4, -0.2) is 17.5 Å². The van der Waals surface area contributed by atoms with Gasteiger partial charge in [0.05, 0.1) is 18.6 Å². The molecule has 4 aromatic rings. The fourth-order valence-electron chi connectivity index (χ4n) is 3.32. The first-order valence-electron chi connectivity index (χ1n) is 9.80. The quantitative estimate of drug-likeness (QED) is 0.321. The highest BCUT2D eigenvalue weighted by molar-refractivity contribution is 7.13. The molecule has 2 aromatic heterocycles. The van der Waals surface area contributed by atoms with Crippen molar-refractivity contribution in [2.75, 3.05) is 11.9 Å². The van der Waals surface area contributed by atoms with Crippen LogP contribution in [-0.2, 0) is 4.79 Å². The van der Waals surface area contributed by atoms with Gasteiger partial charge < -0.3 is 9.15 Å². The van der Waals surface area contributed by atoms with Crippen LogP contribution >= 0.6 is 22.9 Å². The molecule has 0 aliphatic heterocycles. The number of carbonyl (C=O) groups excluding carboxylic acids is 1. The number of anilines is 1. The molecular formula is C24H21ClN2O3S. The first-order chi connectivity index (χ1) is 14.9. The number of aryl methyl sites for hydroxylation is 1. The topological polar surface area (TPSA) is 64.4 Å². The molecule has 1 N–H and O–H groups in total. The van der Waals surface area contributed by atoms with Crippen LogP contribution in [0.3, 0.4) is 0 Å². The Morgan fingerprint density at radius 1 is 1.29 bits per heavy atom. The normalized spacial score (nSPS) is 11.7. The van der Waals surface area contributed by atoms with Crippen molar-refractivity contribution < 1.29 is 13.9 Å². The highest BCUT2D eigenvalue weighted by Crippen LogP contribution is 2.37. The van der Waals surface area contributed by atoms with Crippen molar-refractivity contribution in [1.82, 2.24) is 4.98 Å². The van der Waals surface area contributed by atoms with Crippen molar-refractivity contribution in [3.63, 3.8) is 0 Å². The SMILES string of the molecule is CCOc1cc2occ(-c3ccc(Cl)cc3)c2cc1/C(C)=C/C(=O)Nc1nc(C)cs1. The predicted octanol–water partition coefficient (Wildman–Crippen LogP) is 6.96. The van der Waals surface area contributed by atoms with E-state index in [0.29, 0.717) is 28.1 Å². The van der Waals surface area contributed by atoms with Crippen LogP contribution in [0, 0.1) is 6.92 Å². The van der Waals surface area contributed by atoms with Crippen LogP contribution < -0.4 is 10.1 Å². The van der Waals surface area contributed by atoms with Crippen LogP contribution in [0.5, 0.6) is 5.75 Å². The van der Waals surface area contributed by atoms with Gasteiger partial charge in [-0.1, -0.05) is 23.7 Å². The lowest BCUT2D eigenvalue weighted by Crippen LogP contribution is -2.08. The molecule has 0 saturated carbocycles. The van der Waals surface area contributed by atoms with Gasteiger partial charge in [-0.2, -0.15) is 0 Å². The first kappa shape index (κ1) is 21.2. The molecule has 2 heterocycles. The molecule has 158 valence electrons. The average Bonchev–Trinajstić information content (AvgIpc) is 3.33. The molecule has 0 saturated heterocycles. The minimum Gasteiger partial charge on any atom is -0.493 e. The summed E-state index contributed by atoms with van der Waals surface area (Å²) in [5.41, 5.74) is 5.14. The second kappa shape index (κ2) is 8.96. The van der Waals surface area contributed by atoms with Gasteiger partial charge in [0.25, 0.3) is 0 Å². The number of rotatable bonds is 6. The van der Waals surface area contributed by atoms with Crippen molar-refractivity contribution in [1.29, 1.82) is 0 Å². The summed E-state index contributed by atoms with van der Waals surface area (Å²) >= 11 is 7.43. The summed E-state index contributed by atoms with van der Waals surface area (Å²) in [6.07, 6.45) is 3.28. The van der Waals surface area contributed by atoms with E-state index in [-0.39, 0.29) is 5.91 Å². The Hall–Kier alpha value is -3.09. The monoisotopic (exact) mass is 452 g/mol. The third-order valence-electron chi connectivity index (χ3n) is 4.75. The van der Waals surface area contributed by atoms with Crippen LogP contribution in [0.25, 0.3) is 27.7 Å². The molecule has 31 heavy (non-hydrogen) atoms. The van der Waals surface area contributed by atoms with E-state index in [0.717, 1.165) is 33.3 Å². The summed E-state index contributed by atoms with van der Waals surface area (Å²) in [7, 11) is 0. The molecule has 0 aliphatic rings. The summed E-state index contributed by atoms with van der Waals surface area (Å²) in [6, 6.07) is 11.5. The van der Waals surface area contributed by atoms with Gasteiger partial charge in [-0.05, 0) is 50.1 Å². The zero-order chi connectivity index (χ0) is 22.0. The largest absolute Gasteiger partial charge is 0.493 e. The predicted molar refractivity (Wildman–Crippen MR) is 127 cm³/mol. The van der Waals surface area contributed by atoms with Gasteiger partial charge in [-0.25, -0.2) is 4.98 Å². The number of amides is 1. The number of ether oxygens (including phenoxy) is 1. The maximum Gasteiger partial charge on any atom is 0.250 e. The lowest BCUT2D eigenvalue weighted by molar-refractivity contribution is -0.111. The Bertz CT molecular complexity index is 1270. The smallest absolute Gasteiger partial charge is 0.250 e. The lowest BCUT2D eigenvalue weighted by atomic mass is 9.99. The van der Waals surface area contributed by atoms with Crippen molar-refractivity contribution in [3.8, 4) is 16.9 Å². The molecule has 7 heteroatoms. The Morgan fingerprint density at radius 3 is 2.74 bits per heavy atom. The molecule has 0 aliphatic carbocycles. The van der Waals surface area contributed by atoms with E-state index in [9.17, 15) is 4.79 Å². The Labute approximate surface area is 189 Å². The average molecular weight is 453 g/mol. The van der Waals surface area contributed by atoms with Crippen molar-refractivity contribution in [3.05, 3.63) is 70.4 Å². The van der Waals surface area contributed by atoms with Gasteiger partial charge in [-0.15, -0.1) is 11.3 Å². The number of thiazole rings is 1. The molecule has 5 nitrogen and oxygen atoms in total. The number of benzene rings is 2. The number of carbonyl (C=O) groups is 1. The number of hydrogen-bond acceptors (Lipinski definition) is 5. The van der Waals surface area contributed by atoms with Crippen LogP contribution in [0.1, 0.15) is 25.1 Å². The van der Waals surface area contributed by atoms with Gasteiger partial charge in [0.2, 0.25) is 5.91 Å². The van der Waals surface area contributed by atoms with Gasteiger partial charge in [0, 0.05) is 39.1 Å². The summed E-state index contributed by atoms with van der Waals surface area (Å²) < 4.78 is 11.6. The fraction of sp³-hybridized carbons (Fsp3) is 0.167. The molecular weight excluding hydrogens is 432 g/mol. The molecule has 4 rings (SSSR count). The van der Waals surface area contributed by atoms with Gasteiger partial charge >= 0.3 is 0 Å². The number of halogens is 1. The first-order valence-corrected chi connectivity index (χ1v) is 11.1. The van der Waals surface area contributed by atoms with E-state index >= 15 is 0 Å². The van der Waals surface area contributed by atoms with Crippen LogP contribution in [0.4, 0.5) is 5.13 Å². The summed E-state index contributed by atoms with van der Waals surface area (Å²) in [5, 5.41) is 6.89. The minimum absolute atomic E-state index is 0.237. The zero-order valence-corrected chi connectivity index (χ0v) is 18.9. The van der Waals surface area contributed by atoms with E-state index in [1.54, 1.807) is 12.3 Å². The van der Waals surface area contributed by atoms with E-state index in [2.05, 4.69) is 10.3 Å². The maximum atomic E-state index is 12.5. The zero-order valence-electron chi connectivity index (χ0n) is 17.4. The minimum atomic E-state index is -0.237. The molecule has 1 amide bonds. The molecule has 2 aromatic carbocycles. The van der Waals surface area contributed by atoms with E-state index in [1.807, 2.05) is 62.5 Å².